The minimum atomic E-state index is -0.406. The van der Waals surface area contributed by atoms with E-state index in [2.05, 4.69) is 15.9 Å². The zero-order valence-electron chi connectivity index (χ0n) is 11.0. The minimum absolute atomic E-state index is 0.0762. The standard InChI is InChI=1S/C14H20BrNO3/c15-10-5-3-1-2-4-6-11-19-14-9-7-8-13(12-14)16(17)18/h7-9,12H,1-6,10-11H2. The largest absolute Gasteiger partial charge is 0.493 e. The maximum absolute atomic E-state index is 10.6. The topological polar surface area (TPSA) is 52.4 Å². The van der Waals surface area contributed by atoms with Crippen molar-refractivity contribution in [2.24, 2.45) is 0 Å². The maximum atomic E-state index is 10.6. The fourth-order valence-electron chi connectivity index (χ4n) is 1.78. The van der Waals surface area contributed by atoms with Gasteiger partial charge in [-0.15, -0.1) is 0 Å². The fourth-order valence-corrected chi connectivity index (χ4v) is 2.18. The van der Waals surface area contributed by atoms with Gasteiger partial charge >= 0.3 is 0 Å². The van der Waals surface area contributed by atoms with E-state index >= 15 is 0 Å². The number of nitro benzene ring substituents is 1. The molecule has 0 unspecified atom stereocenters. The molecule has 0 aliphatic heterocycles. The third-order valence-corrected chi connectivity index (χ3v) is 3.39. The number of benzene rings is 1. The van der Waals surface area contributed by atoms with Gasteiger partial charge in [-0.05, 0) is 18.9 Å². The average Bonchev–Trinajstić information content (AvgIpc) is 2.42. The number of alkyl halides is 1. The maximum Gasteiger partial charge on any atom is 0.273 e. The molecule has 1 rings (SSSR count). The number of rotatable bonds is 10. The summed E-state index contributed by atoms with van der Waals surface area (Å²) in [7, 11) is 0. The molecule has 19 heavy (non-hydrogen) atoms. The summed E-state index contributed by atoms with van der Waals surface area (Å²) in [5, 5.41) is 11.7. The van der Waals surface area contributed by atoms with Gasteiger partial charge in [0.15, 0.2) is 0 Å². The molecule has 0 saturated carbocycles. The lowest BCUT2D eigenvalue weighted by Crippen LogP contribution is -1.98. The van der Waals surface area contributed by atoms with Crippen molar-refractivity contribution < 1.29 is 9.66 Å². The van der Waals surface area contributed by atoms with Gasteiger partial charge < -0.3 is 4.74 Å². The molecule has 0 spiro atoms. The van der Waals surface area contributed by atoms with E-state index in [1.165, 1.54) is 37.8 Å². The van der Waals surface area contributed by atoms with Crippen molar-refractivity contribution >= 4 is 21.6 Å². The summed E-state index contributed by atoms with van der Waals surface area (Å²) < 4.78 is 5.51. The van der Waals surface area contributed by atoms with Gasteiger partial charge in [0.2, 0.25) is 0 Å². The van der Waals surface area contributed by atoms with Gasteiger partial charge in [0.25, 0.3) is 5.69 Å². The molecule has 5 heteroatoms. The van der Waals surface area contributed by atoms with E-state index in [0.29, 0.717) is 12.4 Å². The molecule has 0 aromatic heterocycles. The van der Waals surface area contributed by atoms with E-state index in [9.17, 15) is 10.1 Å². The molecule has 0 aliphatic rings. The van der Waals surface area contributed by atoms with Crippen molar-refractivity contribution in [3.63, 3.8) is 0 Å². The highest BCUT2D eigenvalue weighted by Crippen LogP contribution is 2.19. The second-order valence-corrected chi connectivity index (χ2v) is 5.21. The summed E-state index contributed by atoms with van der Waals surface area (Å²) in [5.74, 6) is 0.577. The fraction of sp³-hybridized carbons (Fsp3) is 0.571. The van der Waals surface area contributed by atoms with Crippen LogP contribution in [0, 0.1) is 10.1 Å². The summed E-state index contributed by atoms with van der Waals surface area (Å²) in [6, 6.07) is 6.34. The van der Waals surface area contributed by atoms with Crippen LogP contribution in [-0.4, -0.2) is 16.9 Å². The highest BCUT2D eigenvalue weighted by molar-refractivity contribution is 9.09. The van der Waals surface area contributed by atoms with Gasteiger partial charge in [0, 0.05) is 11.4 Å². The molecule has 0 fully saturated rings. The van der Waals surface area contributed by atoms with Crippen LogP contribution >= 0.6 is 15.9 Å². The van der Waals surface area contributed by atoms with Crippen LogP contribution in [0.5, 0.6) is 5.75 Å². The van der Waals surface area contributed by atoms with E-state index in [1.54, 1.807) is 12.1 Å². The van der Waals surface area contributed by atoms with Crippen LogP contribution in [0.2, 0.25) is 0 Å². The summed E-state index contributed by atoms with van der Waals surface area (Å²) in [4.78, 5) is 10.2. The molecular weight excluding hydrogens is 310 g/mol. The second-order valence-electron chi connectivity index (χ2n) is 4.41. The lowest BCUT2D eigenvalue weighted by atomic mass is 10.1. The SMILES string of the molecule is O=[N+]([O-])c1cccc(OCCCCCCCCBr)c1. The van der Waals surface area contributed by atoms with Gasteiger partial charge in [-0.3, -0.25) is 10.1 Å². The number of non-ortho nitro benzene ring substituents is 1. The Labute approximate surface area is 122 Å². The molecule has 1 aromatic carbocycles. The predicted octanol–water partition coefficient (Wildman–Crippen LogP) is 4.71. The molecular formula is C14H20BrNO3. The van der Waals surface area contributed by atoms with Crippen LogP contribution in [-0.2, 0) is 0 Å². The first-order valence-corrected chi connectivity index (χ1v) is 7.79. The highest BCUT2D eigenvalue weighted by Gasteiger charge is 2.05. The van der Waals surface area contributed by atoms with E-state index in [1.807, 2.05) is 0 Å². The summed E-state index contributed by atoms with van der Waals surface area (Å²) in [6.07, 6.45) is 7.16. The number of hydrogen-bond donors (Lipinski definition) is 0. The van der Waals surface area contributed by atoms with Crippen molar-refractivity contribution in [1.82, 2.24) is 0 Å². The van der Waals surface area contributed by atoms with Gasteiger partial charge in [0.1, 0.15) is 5.75 Å². The van der Waals surface area contributed by atoms with E-state index < -0.39 is 4.92 Å². The number of hydrogen-bond acceptors (Lipinski definition) is 3. The Morgan fingerprint density at radius 3 is 2.47 bits per heavy atom. The Morgan fingerprint density at radius 2 is 1.79 bits per heavy atom. The van der Waals surface area contributed by atoms with Crippen molar-refractivity contribution in [3.8, 4) is 5.75 Å². The Hall–Kier alpha value is -1.10. The lowest BCUT2D eigenvalue weighted by Gasteiger charge is -2.05. The van der Waals surface area contributed by atoms with Crippen molar-refractivity contribution in [1.29, 1.82) is 0 Å². The van der Waals surface area contributed by atoms with E-state index in [-0.39, 0.29) is 5.69 Å². The molecule has 0 saturated heterocycles. The Kier molecular flexibility index (Phi) is 8.21. The van der Waals surface area contributed by atoms with E-state index in [0.717, 1.165) is 18.2 Å². The molecule has 0 amide bonds. The number of unbranched alkanes of at least 4 members (excludes halogenated alkanes) is 5. The summed E-state index contributed by atoms with van der Waals surface area (Å²) >= 11 is 3.42. The second kappa shape index (κ2) is 9.78. The monoisotopic (exact) mass is 329 g/mol. The Bertz CT molecular complexity index is 385. The Balaban J connectivity index is 2.12. The van der Waals surface area contributed by atoms with Gasteiger partial charge in [0.05, 0.1) is 17.6 Å². The number of ether oxygens (including phenoxy) is 1. The third-order valence-electron chi connectivity index (χ3n) is 2.83. The van der Waals surface area contributed by atoms with Crippen LogP contribution in [0.3, 0.4) is 0 Å². The van der Waals surface area contributed by atoms with Crippen molar-refractivity contribution in [2.75, 3.05) is 11.9 Å². The number of nitrogens with zero attached hydrogens (tertiary/aromatic N) is 1. The molecule has 0 aliphatic carbocycles. The number of halogens is 1. The summed E-state index contributed by atoms with van der Waals surface area (Å²) in [5.41, 5.74) is 0.0762. The van der Waals surface area contributed by atoms with Gasteiger partial charge in [-0.25, -0.2) is 0 Å². The highest BCUT2D eigenvalue weighted by atomic mass is 79.9. The zero-order chi connectivity index (χ0) is 13.9. The zero-order valence-corrected chi connectivity index (χ0v) is 12.6. The average molecular weight is 330 g/mol. The van der Waals surface area contributed by atoms with Crippen molar-refractivity contribution in [3.05, 3.63) is 34.4 Å². The third kappa shape index (κ3) is 7.15. The van der Waals surface area contributed by atoms with Crippen LogP contribution < -0.4 is 4.74 Å². The Morgan fingerprint density at radius 1 is 1.11 bits per heavy atom. The first-order valence-electron chi connectivity index (χ1n) is 6.67. The van der Waals surface area contributed by atoms with Gasteiger partial charge in [-0.2, -0.15) is 0 Å². The minimum Gasteiger partial charge on any atom is -0.493 e. The summed E-state index contributed by atoms with van der Waals surface area (Å²) in [6.45, 7) is 0.625. The molecule has 0 bridgehead atoms. The lowest BCUT2D eigenvalue weighted by molar-refractivity contribution is -0.384. The predicted molar refractivity (Wildman–Crippen MR) is 80.1 cm³/mol. The van der Waals surface area contributed by atoms with Crippen molar-refractivity contribution in [2.45, 2.75) is 38.5 Å². The molecule has 106 valence electrons. The number of nitro groups is 1. The molecule has 0 N–H and O–H groups in total. The smallest absolute Gasteiger partial charge is 0.273 e. The molecule has 0 radical (unpaired) electrons. The van der Waals surface area contributed by atoms with Crippen LogP contribution in [0.25, 0.3) is 0 Å². The molecule has 0 heterocycles. The molecule has 1 aromatic rings. The van der Waals surface area contributed by atoms with E-state index in [4.69, 9.17) is 4.74 Å². The first kappa shape index (κ1) is 16.0. The van der Waals surface area contributed by atoms with Crippen LogP contribution in [0.1, 0.15) is 38.5 Å². The van der Waals surface area contributed by atoms with Crippen LogP contribution in [0.15, 0.2) is 24.3 Å². The molecule has 0 atom stereocenters. The quantitative estimate of drug-likeness (QED) is 0.270. The van der Waals surface area contributed by atoms with Gasteiger partial charge in [-0.1, -0.05) is 47.7 Å². The normalized spacial score (nSPS) is 10.4. The molecule has 4 nitrogen and oxygen atoms in total. The van der Waals surface area contributed by atoms with Crippen LogP contribution in [0.4, 0.5) is 5.69 Å². The first-order chi connectivity index (χ1) is 9.24.